The quantitative estimate of drug-likeness (QED) is 0.434. The van der Waals surface area contributed by atoms with Crippen molar-refractivity contribution in [3.8, 4) is 0 Å². The molecule has 19 heavy (non-hydrogen) atoms. The van der Waals surface area contributed by atoms with Crippen LogP contribution < -0.4 is 0 Å². The van der Waals surface area contributed by atoms with Gasteiger partial charge in [0.2, 0.25) is 0 Å². The fourth-order valence-electron chi connectivity index (χ4n) is 1.59. The number of benzene rings is 1. The molecule has 0 saturated heterocycles. The third kappa shape index (κ3) is 5.87. The summed E-state index contributed by atoms with van der Waals surface area (Å²) in [6, 6.07) is 10.1. The summed E-state index contributed by atoms with van der Waals surface area (Å²) in [4.78, 5) is 11.4. The summed E-state index contributed by atoms with van der Waals surface area (Å²) in [7, 11) is 0. The lowest BCUT2D eigenvalue weighted by Gasteiger charge is -2.04. The first-order valence-electron chi connectivity index (χ1n) is 6.37. The van der Waals surface area contributed by atoms with Crippen LogP contribution in [0.3, 0.4) is 0 Å². The van der Waals surface area contributed by atoms with Crippen LogP contribution in [0.5, 0.6) is 0 Å². The van der Waals surface area contributed by atoms with Crippen molar-refractivity contribution in [2.24, 2.45) is 0 Å². The van der Waals surface area contributed by atoms with Gasteiger partial charge in [-0.2, -0.15) is 0 Å². The minimum Gasteiger partial charge on any atom is -0.463 e. The van der Waals surface area contributed by atoms with Gasteiger partial charge in [0.15, 0.2) is 0 Å². The van der Waals surface area contributed by atoms with E-state index in [1.165, 1.54) is 0 Å². The number of carbonyl (C=O) groups is 1. The molecule has 0 heterocycles. The lowest BCUT2D eigenvalue weighted by atomic mass is 10.1. The van der Waals surface area contributed by atoms with E-state index >= 15 is 0 Å². The number of carbonyl (C=O) groups excluding carboxylic acids is 1. The zero-order chi connectivity index (χ0) is 14.1. The molecule has 0 fully saturated rings. The zero-order valence-electron chi connectivity index (χ0n) is 11.6. The van der Waals surface area contributed by atoms with Gasteiger partial charge in [-0.3, -0.25) is 0 Å². The first-order chi connectivity index (χ1) is 9.13. The van der Waals surface area contributed by atoms with E-state index in [0.29, 0.717) is 18.6 Å². The highest BCUT2D eigenvalue weighted by Gasteiger charge is 2.07. The predicted molar refractivity (Wildman–Crippen MR) is 79.6 cm³/mol. The van der Waals surface area contributed by atoms with E-state index in [1.807, 2.05) is 55.5 Å². The summed E-state index contributed by atoms with van der Waals surface area (Å²) in [6.45, 7) is 7.88. The number of hydrogen-bond donors (Lipinski definition) is 0. The maximum atomic E-state index is 11.4. The van der Waals surface area contributed by atoms with E-state index in [0.717, 1.165) is 11.1 Å². The highest BCUT2D eigenvalue weighted by Crippen LogP contribution is 2.11. The van der Waals surface area contributed by atoms with Gasteiger partial charge in [-0.25, -0.2) is 4.79 Å². The average Bonchev–Trinajstić information content (AvgIpc) is 2.40. The Bertz CT molecular complexity index is 481. The number of esters is 1. The monoisotopic (exact) mass is 256 g/mol. The normalized spacial score (nSPS) is 11.6. The van der Waals surface area contributed by atoms with Gasteiger partial charge in [-0.1, -0.05) is 60.7 Å². The van der Waals surface area contributed by atoms with Crippen molar-refractivity contribution in [1.29, 1.82) is 0 Å². The molecule has 0 N–H and O–H groups in total. The van der Waals surface area contributed by atoms with E-state index in [9.17, 15) is 4.79 Å². The maximum absolute atomic E-state index is 11.4. The highest BCUT2D eigenvalue weighted by atomic mass is 16.5. The largest absolute Gasteiger partial charge is 0.463 e. The van der Waals surface area contributed by atoms with Gasteiger partial charge in [-0.05, 0) is 25.8 Å². The lowest BCUT2D eigenvalue weighted by molar-refractivity contribution is -0.138. The van der Waals surface area contributed by atoms with Crippen molar-refractivity contribution in [1.82, 2.24) is 0 Å². The van der Waals surface area contributed by atoms with Gasteiger partial charge in [0.25, 0.3) is 0 Å². The predicted octanol–water partition coefficient (Wildman–Crippen LogP) is 4.16. The zero-order valence-corrected chi connectivity index (χ0v) is 11.6. The summed E-state index contributed by atoms with van der Waals surface area (Å²) in [6.07, 6.45) is 6.52. The van der Waals surface area contributed by atoms with E-state index < -0.39 is 0 Å². The molecule has 0 bridgehead atoms. The van der Waals surface area contributed by atoms with Crippen LogP contribution in [-0.2, 0) is 9.53 Å². The molecule has 0 aliphatic carbocycles. The molecular formula is C17H20O2. The first kappa shape index (κ1) is 15.0. The van der Waals surface area contributed by atoms with Crippen molar-refractivity contribution in [3.63, 3.8) is 0 Å². The topological polar surface area (TPSA) is 26.3 Å². The molecule has 1 rings (SSSR count). The number of allylic oxidation sites excluding steroid dienone is 3. The Hall–Kier alpha value is -2.09. The number of rotatable bonds is 6. The summed E-state index contributed by atoms with van der Waals surface area (Å²) in [5.74, 6) is -0.317. The Labute approximate surface area is 115 Å². The van der Waals surface area contributed by atoms with Gasteiger partial charge < -0.3 is 4.74 Å². The van der Waals surface area contributed by atoms with Crippen LogP contribution in [0.25, 0.3) is 6.08 Å². The van der Waals surface area contributed by atoms with E-state index in [2.05, 4.69) is 6.58 Å². The summed E-state index contributed by atoms with van der Waals surface area (Å²) in [5, 5.41) is 0. The minimum atomic E-state index is -0.317. The van der Waals surface area contributed by atoms with E-state index in [-0.39, 0.29) is 5.97 Å². The molecular weight excluding hydrogens is 236 g/mol. The molecule has 0 atom stereocenters. The standard InChI is InChI=1S/C17H20O2/c1-4-19-17(18)15(3)13-14(2)9-8-12-16-10-6-5-7-11-16/h5-12H,3-4,13H2,1-2H3/b12-8+,14-9+. The SMILES string of the molecule is C=C(C/C(C)=C/C=C/c1ccccc1)C(=O)OCC. The van der Waals surface area contributed by atoms with Crippen molar-refractivity contribution in [3.05, 3.63) is 65.8 Å². The van der Waals surface area contributed by atoms with Crippen molar-refractivity contribution >= 4 is 12.0 Å². The third-order valence-electron chi connectivity index (χ3n) is 2.53. The van der Waals surface area contributed by atoms with Gasteiger partial charge in [-0.15, -0.1) is 0 Å². The Morgan fingerprint density at radius 3 is 2.63 bits per heavy atom. The minimum absolute atomic E-state index is 0.317. The van der Waals surface area contributed by atoms with Gasteiger partial charge in [0, 0.05) is 5.57 Å². The van der Waals surface area contributed by atoms with E-state index in [4.69, 9.17) is 4.74 Å². The summed E-state index contributed by atoms with van der Waals surface area (Å²) in [5.41, 5.74) is 2.71. The molecule has 0 radical (unpaired) electrons. The van der Waals surface area contributed by atoms with Crippen LogP contribution in [0.4, 0.5) is 0 Å². The number of hydrogen-bond acceptors (Lipinski definition) is 2. The van der Waals surface area contributed by atoms with Gasteiger partial charge in [0.1, 0.15) is 0 Å². The molecule has 2 nitrogen and oxygen atoms in total. The molecule has 0 aromatic heterocycles. The van der Waals surface area contributed by atoms with Gasteiger partial charge in [0.05, 0.1) is 6.61 Å². The highest BCUT2D eigenvalue weighted by molar-refractivity contribution is 5.88. The molecule has 0 saturated carbocycles. The van der Waals surface area contributed by atoms with Crippen LogP contribution in [-0.4, -0.2) is 12.6 Å². The molecule has 1 aromatic carbocycles. The summed E-state index contributed by atoms with van der Waals surface area (Å²) < 4.78 is 4.89. The second-order valence-electron chi connectivity index (χ2n) is 4.28. The van der Waals surface area contributed by atoms with Crippen molar-refractivity contribution < 1.29 is 9.53 Å². The van der Waals surface area contributed by atoms with Crippen LogP contribution >= 0.6 is 0 Å². The summed E-state index contributed by atoms with van der Waals surface area (Å²) >= 11 is 0. The molecule has 0 aliphatic heterocycles. The van der Waals surface area contributed by atoms with Crippen LogP contribution in [0.15, 0.2) is 60.2 Å². The molecule has 2 heteroatoms. The molecule has 0 spiro atoms. The molecule has 100 valence electrons. The lowest BCUT2D eigenvalue weighted by Crippen LogP contribution is -2.06. The van der Waals surface area contributed by atoms with Crippen LogP contribution in [0, 0.1) is 0 Å². The van der Waals surface area contributed by atoms with Crippen LogP contribution in [0.1, 0.15) is 25.8 Å². The Balaban J connectivity index is 2.51. The fraction of sp³-hybridized carbons (Fsp3) is 0.235. The number of ether oxygens (including phenoxy) is 1. The second kappa shape index (κ2) is 8.09. The molecule has 0 unspecified atom stereocenters. The Morgan fingerprint density at radius 2 is 2.00 bits per heavy atom. The van der Waals surface area contributed by atoms with Crippen molar-refractivity contribution in [2.75, 3.05) is 6.61 Å². The smallest absolute Gasteiger partial charge is 0.333 e. The first-order valence-corrected chi connectivity index (χ1v) is 6.37. The third-order valence-corrected chi connectivity index (χ3v) is 2.53. The Morgan fingerprint density at radius 1 is 1.32 bits per heavy atom. The molecule has 0 aliphatic rings. The maximum Gasteiger partial charge on any atom is 0.333 e. The van der Waals surface area contributed by atoms with Crippen molar-refractivity contribution in [2.45, 2.75) is 20.3 Å². The molecule has 1 aromatic rings. The second-order valence-corrected chi connectivity index (χ2v) is 4.28. The fourth-order valence-corrected chi connectivity index (χ4v) is 1.59. The average molecular weight is 256 g/mol. The van der Waals surface area contributed by atoms with Gasteiger partial charge >= 0.3 is 5.97 Å². The van der Waals surface area contributed by atoms with Crippen LogP contribution in [0.2, 0.25) is 0 Å². The van der Waals surface area contributed by atoms with E-state index in [1.54, 1.807) is 6.92 Å². The Kier molecular flexibility index (Phi) is 6.37. The molecule has 0 amide bonds.